The molecule has 2 nitrogen and oxygen atoms in total. The third-order valence-electron chi connectivity index (χ3n) is 0.999. The molecule has 2 atom stereocenters. The molecule has 0 saturated heterocycles. The Morgan fingerprint density at radius 2 is 2.43 bits per heavy atom. The molecular weight excluding hydrogens is 110 g/mol. The number of hydrogen-bond donors (Lipinski definition) is 1. The average molecular weight is 119 g/mol. The molecule has 42 valence electrons. The van der Waals surface area contributed by atoms with Gasteiger partial charge in [-0.2, -0.15) is 0 Å². The van der Waals surface area contributed by atoms with Gasteiger partial charge in [0.05, 0.1) is 6.10 Å². The summed E-state index contributed by atoms with van der Waals surface area (Å²) in [7, 11) is 0. The average Bonchev–Trinajstić information content (AvgIpc) is 2.22. The van der Waals surface area contributed by atoms with Gasteiger partial charge in [-0.05, 0) is 18.5 Å². The molecule has 1 aliphatic carbocycles. The van der Waals surface area contributed by atoms with Crippen LogP contribution in [0.4, 0.5) is 0 Å². The summed E-state index contributed by atoms with van der Waals surface area (Å²) in [6, 6.07) is 0.326. The van der Waals surface area contributed by atoms with Crippen molar-refractivity contribution in [2.75, 3.05) is 6.26 Å². The van der Waals surface area contributed by atoms with Gasteiger partial charge >= 0.3 is 0 Å². The second-order valence-corrected chi connectivity index (χ2v) is 2.23. The Labute approximate surface area is 47.6 Å². The third-order valence-corrected chi connectivity index (χ3v) is 1.44. The fourth-order valence-corrected chi connectivity index (χ4v) is 0.892. The normalized spacial score (nSPS) is 38.6. The Kier molecular flexibility index (Phi) is 1.57. The molecule has 0 aromatic carbocycles. The molecule has 0 radical (unpaired) electrons. The van der Waals surface area contributed by atoms with Crippen LogP contribution in [0.2, 0.25) is 0 Å². The summed E-state index contributed by atoms with van der Waals surface area (Å²) in [5.74, 6) is 0. The van der Waals surface area contributed by atoms with Gasteiger partial charge in [-0.1, -0.05) is 0 Å². The maximum atomic E-state index is 5.41. The third kappa shape index (κ3) is 1.33. The van der Waals surface area contributed by atoms with E-state index in [0.717, 1.165) is 6.42 Å². The maximum Gasteiger partial charge on any atom is 0.0889 e. The van der Waals surface area contributed by atoms with Crippen LogP contribution >= 0.6 is 12.0 Å². The van der Waals surface area contributed by atoms with Crippen LogP contribution in [0.1, 0.15) is 6.42 Å². The van der Waals surface area contributed by atoms with E-state index in [1.807, 2.05) is 6.26 Å². The molecule has 0 unspecified atom stereocenters. The Balaban J connectivity index is 1.98. The molecule has 0 aliphatic heterocycles. The van der Waals surface area contributed by atoms with Crippen molar-refractivity contribution < 1.29 is 4.18 Å². The standard InChI is InChI=1S/C4H9NOS/c1-7-6-4-2-3(4)5/h3-4H,2,5H2,1H3/t3-,4-/m1/s1. The summed E-state index contributed by atoms with van der Waals surface area (Å²) in [5, 5.41) is 0. The molecule has 3 heteroatoms. The lowest BCUT2D eigenvalue weighted by molar-refractivity contribution is 0.353. The van der Waals surface area contributed by atoms with Gasteiger partial charge in [0.2, 0.25) is 0 Å². The molecule has 7 heavy (non-hydrogen) atoms. The second kappa shape index (κ2) is 2.03. The zero-order chi connectivity index (χ0) is 5.28. The first kappa shape index (κ1) is 5.41. The second-order valence-electron chi connectivity index (χ2n) is 1.70. The molecule has 0 bridgehead atoms. The largest absolute Gasteiger partial charge is 0.325 e. The lowest BCUT2D eigenvalue weighted by atomic mass is 10.8. The van der Waals surface area contributed by atoms with Crippen molar-refractivity contribution in [2.24, 2.45) is 5.73 Å². The summed E-state index contributed by atoms with van der Waals surface area (Å²) >= 11 is 1.40. The smallest absolute Gasteiger partial charge is 0.0889 e. The van der Waals surface area contributed by atoms with Crippen molar-refractivity contribution in [1.82, 2.24) is 0 Å². The van der Waals surface area contributed by atoms with Crippen LogP contribution in [-0.2, 0) is 4.18 Å². The number of nitrogens with two attached hydrogens (primary N) is 1. The molecule has 1 rings (SSSR count). The monoisotopic (exact) mass is 119 g/mol. The molecule has 1 saturated carbocycles. The highest BCUT2D eigenvalue weighted by Crippen LogP contribution is 2.25. The fourth-order valence-electron chi connectivity index (χ4n) is 0.424. The Hall–Kier alpha value is 0.270. The highest BCUT2D eigenvalue weighted by Gasteiger charge is 2.34. The maximum absolute atomic E-state index is 5.41. The van der Waals surface area contributed by atoms with Gasteiger partial charge in [0.1, 0.15) is 0 Å². The molecule has 1 aliphatic rings. The molecule has 0 aromatic rings. The topological polar surface area (TPSA) is 35.2 Å². The molecule has 0 amide bonds. The van der Waals surface area contributed by atoms with Gasteiger partial charge in [-0.15, -0.1) is 0 Å². The highest BCUT2D eigenvalue weighted by atomic mass is 32.2. The molecule has 0 heterocycles. The van der Waals surface area contributed by atoms with Gasteiger partial charge in [-0.25, -0.2) is 0 Å². The van der Waals surface area contributed by atoms with Crippen molar-refractivity contribution in [3.63, 3.8) is 0 Å². The summed E-state index contributed by atoms with van der Waals surface area (Å²) in [6.45, 7) is 0. The summed E-state index contributed by atoms with van der Waals surface area (Å²) in [6.07, 6.45) is 3.31. The first-order chi connectivity index (χ1) is 3.34. The minimum Gasteiger partial charge on any atom is -0.325 e. The van der Waals surface area contributed by atoms with E-state index in [4.69, 9.17) is 9.92 Å². The van der Waals surface area contributed by atoms with Crippen LogP contribution in [-0.4, -0.2) is 18.4 Å². The summed E-state index contributed by atoms with van der Waals surface area (Å²) < 4.78 is 5.06. The molecule has 2 N–H and O–H groups in total. The van der Waals surface area contributed by atoms with Crippen LogP contribution in [0.15, 0.2) is 0 Å². The van der Waals surface area contributed by atoms with Gasteiger partial charge in [0.25, 0.3) is 0 Å². The van der Waals surface area contributed by atoms with Gasteiger partial charge < -0.3 is 9.92 Å². The minimum absolute atomic E-state index is 0.326. The van der Waals surface area contributed by atoms with Gasteiger partial charge in [0, 0.05) is 12.3 Å². The number of rotatable bonds is 2. The first-order valence-corrected chi connectivity index (χ1v) is 3.44. The van der Waals surface area contributed by atoms with Crippen LogP contribution in [0.25, 0.3) is 0 Å². The zero-order valence-corrected chi connectivity index (χ0v) is 5.07. The molecular formula is C4H9NOS. The zero-order valence-electron chi connectivity index (χ0n) is 4.26. The lowest BCUT2D eigenvalue weighted by Gasteiger charge is -1.90. The first-order valence-electron chi connectivity index (χ1n) is 2.29. The SMILES string of the molecule is CSO[C@@H]1C[C@H]1N. The van der Waals surface area contributed by atoms with Gasteiger partial charge in [-0.3, -0.25) is 0 Å². The van der Waals surface area contributed by atoms with E-state index in [-0.39, 0.29) is 0 Å². The van der Waals surface area contributed by atoms with Crippen molar-refractivity contribution >= 4 is 12.0 Å². The van der Waals surface area contributed by atoms with Crippen molar-refractivity contribution in [3.05, 3.63) is 0 Å². The lowest BCUT2D eigenvalue weighted by Crippen LogP contribution is -2.04. The molecule has 0 aromatic heterocycles. The predicted octanol–water partition coefficient (Wildman–Crippen LogP) is 0.381. The van der Waals surface area contributed by atoms with E-state index in [9.17, 15) is 0 Å². The Morgan fingerprint density at radius 1 is 1.86 bits per heavy atom. The van der Waals surface area contributed by atoms with E-state index < -0.39 is 0 Å². The number of hydrogen-bond acceptors (Lipinski definition) is 3. The quantitative estimate of drug-likeness (QED) is 0.534. The van der Waals surface area contributed by atoms with Crippen LogP contribution < -0.4 is 5.73 Å². The van der Waals surface area contributed by atoms with E-state index in [1.54, 1.807) is 0 Å². The van der Waals surface area contributed by atoms with Crippen molar-refractivity contribution in [2.45, 2.75) is 18.6 Å². The molecule has 1 fully saturated rings. The summed E-state index contributed by atoms with van der Waals surface area (Å²) in [4.78, 5) is 0. The van der Waals surface area contributed by atoms with E-state index >= 15 is 0 Å². The molecule has 0 spiro atoms. The highest BCUT2D eigenvalue weighted by molar-refractivity contribution is 7.93. The van der Waals surface area contributed by atoms with E-state index in [0.29, 0.717) is 12.1 Å². The van der Waals surface area contributed by atoms with Crippen molar-refractivity contribution in [3.8, 4) is 0 Å². The van der Waals surface area contributed by atoms with Crippen LogP contribution in [0, 0.1) is 0 Å². The fraction of sp³-hybridized carbons (Fsp3) is 1.00. The van der Waals surface area contributed by atoms with Crippen LogP contribution in [0.5, 0.6) is 0 Å². The van der Waals surface area contributed by atoms with Gasteiger partial charge in [0.15, 0.2) is 0 Å². The summed E-state index contributed by atoms with van der Waals surface area (Å²) in [5.41, 5.74) is 5.41. The van der Waals surface area contributed by atoms with Crippen LogP contribution in [0.3, 0.4) is 0 Å². The Bertz CT molecular complexity index is 68.7. The Morgan fingerprint density at radius 3 is 2.57 bits per heavy atom. The predicted molar refractivity (Wildman–Crippen MR) is 31.0 cm³/mol. The van der Waals surface area contributed by atoms with E-state index in [2.05, 4.69) is 0 Å². The van der Waals surface area contributed by atoms with Crippen molar-refractivity contribution in [1.29, 1.82) is 0 Å². The van der Waals surface area contributed by atoms with E-state index in [1.165, 1.54) is 12.0 Å². The minimum atomic E-state index is 0.326.